The number of rotatable bonds is 10. The minimum atomic E-state index is -0.247. The van der Waals surface area contributed by atoms with Gasteiger partial charge in [0, 0.05) is 16.4 Å². The number of carbonyl (C=O) groups excluding carboxylic acids is 2. The van der Waals surface area contributed by atoms with E-state index >= 15 is 0 Å². The van der Waals surface area contributed by atoms with Gasteiger partial charge in [-0.1, -0.05) is 53.7 Å². The van der Waals surface area contributed by atoms with Gasteiger partial charge in [-0.05, 0) is 61.1 Å². The molecule has 2 heterocycles. The first-order valence-electron chi connectivity index (χ1n) is 12.1. The van der Waals surface area contributed by atoms with E-state index in [-0.39, 0.29) is 29.4 Å². The van der Waals surface area contributed by atoms with Gasteiger partial charge in [-0.15, -0.1) is 21.5 Å². The number of hydrogen-bond acceptors (Lipinski definition) is 8. The fraction of sp³-hybridized carbons (Fsp3) is 0.259. The van der Waals surface area contributed by atoms with Gasteiger partial charge in [-0.2, -0.15) is 0 Å². The third-order valence-corrected chi connectivity index (χ3v) is 8.18. The van der Waals surface area contributed by atoms with Crippen LogP contribution in [0.25, 0.3) is 0 Å². The summed E-state index contributed by atoms with van der Waals surface area (Å²) >= 11 is 8.50. The Balaban J connectivity index is 1.18. The second-order valence-corrected chi connectivity index (χ2v) is 11.1. The van der Waals surface area contributed by atoms with Crippen molar-refractivity contribution in [2.24, 2.45) is 0 Å². The number of aryl methyl sites for hydroxylation is 1. The predicted molar refractivity (Wildman–Crippen MR) is 148 cm³/mol. The number of nitrogens with one attached hydrogen (secondary N) is 2. The molecule has 0 atom stereocenters. The van der Waals surface area contributed by atoms with Crippen LogP contribution in [0.5, 0.6) is 5.75 Å². The van der Waals surface area contributed by atoms with Crippen LogP contribution in [0.15, 0.2) is 64.2 Å². The van der Waals surface area contributed by atoms with Crippen molar-refractivity contribution in [1.82, 2.24) is 15.5 Å². The minimum Gasteiger partial charge on any atom is -0.484 e. The lowest BCUT2D eigenvalue weighted by Crippen LogP contribution is -2.25. The topological polar surface area (TPSA) is 106 Å². The summed E-state index contributed by atoms with van der Waals surface area (Å²) in [5, 5.41) is 15.4. The SMILES string of the molecule is O=C(CSc1nnc(COc2ccc(Cl)cc2)o1)Nc1sc2c(c1C(=O)NCc1ccccc1)CCCC2. The van der Waals surface area contributed by atoms with Crippen LogP contribution in [-0.2, 0) is 30.8 Å². The maximum atomic E-state index is 13.2. The number of hydrogen-bond donors (Lipinski definition) is 2. The van der Waals surface area contributed by atoms with Crippen LogP contribution in [0, 0.1) is 0 Å². The van der Waals surface area contributed by atoms with Crippen LogP contribution in [0.3, 0.4) is 0 Å². The Hall–Kier alpha value is -3.34. The summed E-state index contributed by atoms with van der Waals surface area (Å²) in [6, 6.07) is 16.7. The van der Waals surface area contributed by atoms with Crippen molar-refractivity contribution in [3.8, 4) is 5.75 Å². The lowest BCUT2D eigenvalue weighted by atomic mass is 9.95. The van der Waals surface area contributed by atoms with E-state index in [1.165, 1.54) is 16.2 Å². The Labute approximate surface area is 233 Å². The van der Waals surface area contributed by atoms with Crippen LogP contribution in [0.2, 0.25) is 5.02 Å². The summed E-state index contributed by atoms with van der Waals surface area (Å²) < 4.78 is 11.2. The van der Waals surface area contributed by atoms with Crippen molar-refractivity contribution in [2.75, 3.05) is 11.1 Å². The lowest BCUT2D eigenvalue weighted by Gasteiger charge is -2.13. The van der Waals surface area contributed by atoms with Gasteiger partial charge in [0.15, 0.2) is 6.61 Å². The standard InChI is InChI=1S/C27H25ClN4O4S2/c28-18-10-12-19(13-11-18)35-15-23-31-32-27(36-23)37-16-22(33)30-26-24(20-8-4-5-9-21(20)38-26)25(34)29-14-17-6-2-1-3-7-17/h1-3,6-7,10-13H,4-5,8-9,14-16H2,(H,29,34)(H,30,33). The van der Waals surface area contributed by atoms with E-state index in [4.69, 9.17) is 20.8 Å². The second-order valence-electron chi connectivity index (χ2n) is 8.62. The number of fused-ring (bicyclic) bond motifs is 1. The van der Waals surface area contributed by atoms with Gasteiger partial charge < -0.3 is 19.8 Å². The number of nitrogens with zero attached hydrogens (tertiary/aromatic N) is 2. The van der Waals surface area contributed by atoms with E-state index < -0.39 is 0 Å². The van der Waals surface area contributed by atoms with E-state index in [9.17, 15) is 9.59 Å². The van der Waals surface area contributed by atoms with Gasteiger partial charge in [0.25, 0.3) is 17.0 Å². The summed E-state index contributed by atoms with van der Waals surface area (Å²) in [4.78, 5) is 27.2. The highest BCUT2D eigenvalue weighted by Gasteiger charge is 2.26. The van der Waals surface area contributed by atoms with Crippen LogP contribution < -0.4 is 15.4 Å². The first-order chi connectivity index (χ1) is 18.5. The van der Waals surface area contributed by atoms with Gasteiger partial charge >= 0.3 is 0 Å². The van der Waals surface area contributed by atoms with E-state index in [1.807, 2.05) is 30.3 Å². The monoisotopic (exact) mass is 568 g/mol. The largest absolute Gasteiger partial charge is 0.484 e. The molecule has 0 aliphatic heterocycles. The van der Waals surface area contributed by atoms with E-state index in [0.717, 1.165) is 48.6 Å². The number of thiophene rings is 1. The maximum absolute atomic E-state index is 13.2. The number of amides is 2. The van der Waals surface area contributed by atoms with E-state index in [1.54, 1.807) is 24.3 Å². The number of anilines is 1. The zero-order chi connectivity index (χ0) is 26.3. The Morgan fingerprint density at radius 1 is 1.05 bits per heavy atom. The third kappa shape index (κ3) is 6.75. The van der Waals surface area contributed by atoms with Crippen molar-refractivity contribution in [3.63, 3.8) is 0 Å². The third-order valence-electron chi connectivity index (χ3n) is 5.90. The number of halogens is 1. The van der Waals surface area contributed by atoms with Crippen LogP contribution in [0.4, 0.5) is 5.00 Å². The molecule has 2 amide bonds. The Morgan fingerprint density at radius 3 is 2.66 bits per heavy atom. The van der Waals surface area contributed by atoms with Crippen LogP contribution in [0.1, 0.15) is 45.1 Å². The van der Waals surface area contributed by atoms with Crippen molar-refractivity contribution in [2.45, 2.75) is 44.1 Å². The number of carbonyl (C=O) groups is 2. The highest BCUT2D eigenvalue weighted by Crippen LogP contribution is 2.38. The van der Waals surface area contributed by atoms with Crippen LogP contribution >= 0.6 is 34.7 Å². The number of benzene rings is 2. The van der Waals surface area contributed by atoms with Crippen LogP contribution in [-0.4, -0.2) is 27.8 Å². The fourth-order valence-corrected chi connectivity index (χ4v) is 6.09. The van der Waals surface area contributed by atoms with Gasteiger partial charge in [0.1, 0.15) is 10.8 Å². The molecule has 1 aliphatic rings. The first kappa shape index (κ1) is 26.3. The molecule has 0 radical (unpaired) electrons. The summed E-state index contributed by atoms with van der Waals surface area (Å²) in [7, 11) is 0. The molecule has 0 saturated carbocycles. The van der Waals surface area contributed by atoms with Crippen molar-refractivity contribution < 1.29 is 18.7 Å². The van der Waals surface area contributed by atoms with E-state index in [0.29, 0.717) is 33.8 Å². The molecule has 0 spiro atoms. The molecular formula is C27H25ClN4O4S2. The predicted octanol–water partition coefficient (Wildman–Crippen LogP) is 5.90. The summed E-state index contributed by atoms with van der Waals surface area (Å²) in [5.41, 5.74) is 2.65. The molecule has 4 aromatic rings. The smallest absolute Gasteiger partial charge is 0.277 e. The minimum absolute atomic E-state index is 0.0628. The number of aromatic nitrogens is 2. The molecular weight excluding hydrogens is 544 g/mol. The number of ether oxygens (including phenoxy) is 1. The van der Waals surface area contributed by atoms with Crippen molar-refractivity contribution in [3.05, 3.63) is 87.1 Å². The number of thioether (sulfide) groups is 1. The molecule has 0 fully saturated rings. The normalized spacial score (nSPS) is 12.6. The lowest BCUT2D eigenvalue weighted by molar-refractivity contribution is -0.113. The molecule has 0 unspecified atom stereocenters. The fourth-order valence-electron chi connectivity index (χ4n) is 4.08. The first-order valence-corrected chi connectivity index (χ1v) is 14.3. The molecule has 2 N–H and O–H groups in total. The highest BCUT2D eigenvalue weighted by atomic mass is 35.5. The summed E-state index contributed by atoms with van der Waals surface area (Å²) in [6.07, 6.45) is 3.88. The molecule has 38 heavy (non-hydrogen) atoms. The van der Waals surface area contributed by atoms with Gasteiger partial charge in [-0.25, -0.2) is 0 Å². The molecule has 196 valence electrons. The molecule has 0 saturated heterocycles. The van der Waals surface area contributed by atoms with E-state index in [2.05, 4.69) is 20.8 Å². The molecule has 2 aromatic carbocycles. The molecule has 0 bridgehead atoms. The average Bonchev–Trinajstić information content (AvgIpc) is 3.55. The quantitative estimate of drug-likeness (QED) is 0.229. The van der Waals surface area contributed by atoms with Gasteiger partial charge in [0.2, 0.25) is 5.91 Å². The van der Waals surface area contributed by atoms with Gasteiger partial charge in [-0.3, -0.25) is 9.59 Å². The second kappa shape index (κ2) is 12.5. The van der Waals surface area contributed by atoms with Crippen molar-refractivity contribution in [1.29, 1.82) is 0 Å². The highest BCUT2D eigenvalue weighted by molar-refractivity contribution is 7.99. The summed E-state index contributed by atoms with van der Waals surface area (Å²) in [5.74, 6) is 0.573. The molecule has 2 aromatic heterocycles. The summed E-state index contributed by atoms with van der Waals surface area (Å²) in [6.45, 7) is 0.526. The molecule has 5 rings (SSSR count). The zero-order valence-electron chi connectivity index (χ0n) is 20.4. The average molecular weight is 569 g/mol. The zero-order valence-corrected chi connectivity index (χ0v) is 22.8. The Morgan fingerprint density at radius 2 is 1.84 bits per heavy atom. The molecule has 11 heteroatoms. The Bertz CT molecular complexity index is 1410. The molecule has 8 nitrogen and oxygen atoms in total. The Kier molecular flexibility index (Phi) is 8.62. The maximum Gasteiger partial charge on any atom is 0.277 e. The molecule has 1 aliphatic carbocycles. The van der Waals surface area contributed by atoms with Crippen molar-refractivity contribution >= 4 is 51.5 Å². The van der Waals surface area contributed by atoms with Gasteiger partial charge in [0.05, 0.1) is 11.3 Å².